The number of H-pyrrole nitrogens is 1. The van der Waals surface area contributed by atoms with E-state index < -0.39 is 0 Å². The van der Waals surface area contributed by atoms with Gasteiger partial charge in [0, 0.05) is 43.0 Å². The molecule has 216 valence electrons. The van der Waals surface area contributed by atoms with Gasteiger partial charge in [-0.05, 0) is 71.5 Å². The van der Waals surface area contributed by atoms with Crippen molar-refractivity contribution in [2.45, 2.75) is 32.1 Å². The molecule has 0 bridgehead atoms. The number of hydrogen-bond donors (Lipinski definition) is 1. The molecule has 6 heteroatoms. The second kappa shape index (κ2) is 13.3. The van der Waals surface area contributed by atoms with Gasteiger partial charge in [0.2, 0.25) is 5.91 Å². The molecule has 0 spiro atoms. The van der Waals surface area contributed by atoms with Gasteiger partial charge in [-0.1, -0.05) is 61.5 Å². The zero-order valence-corrected chi connectivity index (χ0v) is 24.7. The molecule has 6 nitrogen and oxygen atoms in total. The van der Waals surface area contributed by atoms with Crippen molar-refractivity contribution in [1.29, 1.82) is 0 Å². The number of methoxy groups -OCH3 is 2. The van der Waals surface area contributed by atoms with Crippen molar-refractivity contribution < 1.29 is 19.0 Å². The van der Waals surface area contributed by atoms with E-state index in [0.29, 0.717) is 30.9 Å². The summed E-state index contributed by atoms with van der Waals surface area (Å²) in [6, 6.07) is 30.1. The number of aromatic amines is 1. The van der Waals surface area contributed by atoms with Gasteiger partial charge >= 0.3 is 0 Å². The Labute approximate surface area is 247 Å². The molecule has 5 rings (SSSR count). The van der Waals surface area contributed by atoms with E-state index in [9.17, 15) is 4.79 Å². The Morgan fingerprint density at radius 1 is 0.857 bits per heavy atom. The molecule has 1 N–H and O–H groups in total. The average Bonchev–Trinajstić information content (AvgIpc) is 3.47. The van der Waals surface area contributed by atoms with Gasteiger partial charge in [0.25, 0.3) is 0 Å². The average molecular weight is 563 g/mol. The minimum absolute atomic E-state index is 0.0795. The number of aromatic nitrogens is 1. The number of nitrogens with zero attached hydrogens (tertiary/aromatic N) is 1. The topological polar surface area (TPSA) is 63.8 Å². The van der Waals surface area contributed by atoms with E-state index in [4.69, 9.17) is 14.2 Å². The monoisotopic (exact) mass is 562 g/mol. The van der Waals surface area contributed by atoms with E-state index >= 15 is 0 Å². The van der Waals surface area contributed by atoms with Gasteiger partial charge in [0.05, 0.1) is 14.2 Å². The molecule has 1 heterocycles. The summed E-state index contributed by atoms with van der Waals surface area (Å²) in [5.74, 6) is 2.82. The van der Waals surface area contributed by atoms with Crippen molar-refractivity contribution >= 4 is 16.8 Å². The molecule has 1 amide bonds. The van der Waals surface area contributed by atoms with Gasteiger partial charge in [-0.15, -0.1) is 0 Å². The normalized spacial score (nSPS) is 11.7. The van der Waals surface area contributed by atoms with Crippen LogP contribution in [0.1, 0.15) is 41.5 Å². The van der Waals surface area contributed by atoms with Crippen LogP contribution < -0.4 is 14.2 Å². The van der Waals surface area contributed by atoms with E-state index in [0.717, 1.165) is 45.5 Å². The molecule has 0 aliphatic heterocycles. The first kappa shape index (κ1) is 28.8. The summed E-state index contributed by atoms with van der Waals surface area (Å²) < 4.78 is 17.0. The lowest BCUT2D eigenvalue weighted by atomic mass is 9.87. The number of hydrogen-bond acceptors (Lipinski definition) is 4. The fourth-order valence-corrected chi connectivity index (χ4v) is 5.44. The van der Waals surface area contributed by atoms with Crippen molar-refractivity contribution in [2.24, 2.45) is 0 Å². The van der Waals surface area contributed by atoms with E-state index in [2.05, 4.69) is 48.4 Å². The number of para-hydroxylation sites is 2. The van der Waals surface area contributed by atoms with Gasteiger partial charge in [-0.2, -0.15) is 0 Å². The van der Waals surface area contributed by atoms with Crippen LogP contribution in [0.2, 0.25) is 0 Å². The van der Waals surface area contributed by atoms with Crippen LogP contribution in [0.4, 0.5) is 0 Å². The Morgan fingerprint density at radius 2 is 1.62 bits per heavy atom. The number of carbonyl (C=O) groups is 1. The molecule has 0 aliphatic carbocycles. The second-order valence-corrected chi connectivity index (χ2v) is 10.4. The number of ether oxygens (including phenoxy) is 3. The number of carbonyl (C=O) groups excluding carboxylic acids is 1. The fourth-order valence-electron chi connectivity index (χ4n) is 5.44. The minimum atomic E-state index is -0.152. The lowest BCUT2D eigenvalue weighted by molar-refractivity contribution is -0.130. The standard InChI is InChI=1S/C36H38N2O4/c1-5-26-11-10-16-30-32(24-37-36(26)30)31(27-12-9-15-29(22-27)42-28-13-7-6-8-14-28)23-35(39)38(2)20-19-25-17-18-33(40-3)34(21-25)41-4/h6-18,21-22,24,31,37H,5,19-20,23H2,1-4H3. The van der Waals surface area contributed by atoms with Crippen molar-refractivity contribution in [3.05, 3.63) is 119 Å². The maximum Gasteiger partial charge on any atom is 0.223 e. The number of aryl methyl sites for hydroxylation is 1. The number of fused-ring (bicyclic) bond motifs is 1. The van der Waals surface area contributed by atoms with Crippen LogP contribution >= 0.6 is 0 Å². The Morgan fingerprint density at radius 3 is 2.38 bits per heavy atom. The molecule has 0 radical (unpaired) electrons. The molecule has 0 fully saturated rings. The fraction of sp³-hybridized carbons (Fsp3) is 0.250. The Kier molecular flexibility index (Phi) is 9.12. The largest absolute Gasteiger partial charge is 0.493 e. The van der Waals surface area contributed by atoms with Crippen molar-refractivity contribution in [3.8, 4) is 23.0 Å². The molecule has 4 aromatic carbocycles. The molecule has 1 atom stereocenters. The summed E-state index contributed by atoms with van der Waals surface area (Å²) in [5.41, 5.74) is 5.62. The van der Waals surface area contributed by atoms with Crippen LogP contribution in [0.3, 0.4) is 0 Å². The van der Waals surface area contributed by atoms with Crippen molar-refractivity contribution in [1.82, 2.24) is 9.88 Å². The third kappa shape index (κ3) is 6.44. The zero-order valence-electron chi connectivity index (χ0n) is 24.7. The maximum absolute atomic E-state index is 13.7. The lowest BCUT2D eigenvalue weighted by Gasteiger charge is -2.23. The Hall–Kier alpha value is -4.71. The first-order valence-corrected chi connectivity index (χ1v) is 14.4. The molecule has 0 saturated carbocycles. The van der Waals surface area contributed by atoms with Gasteiger partial charge < -0.3 is 24.1 Å². The molecule has 1 unspecified atom stereocenters. The quantitative estimate of drug-likeness (QED) is 0.169. The smallest absolute Gasteiger partial charge is 0.223 e. The van der Waals surface area contributed by atoms with E-state index in [-0.39, 0.29) is 11.8 Å². The second-order valence-electron chi connectivity index (χ2n) is 10.4. The van der Waals surface area contributed by atoms with Crippen molar-refractivity contribution in [2.75, 3.05) is 27.8 Å². The number of benzene rings is 4. The number of nitrogens with one attached hydrogen (secondary N) is 1. The molecule has 5 aromatic rings. The number of likely N-dealkylation sites (N-methyl/N-ethyl adjacent to an activating group) is 1. The van der Waals surface area contributed by atoms with Crippen LogP contribution in [0.25, 0.3) is 10.9 Å². The first-order valence-electron chi connectivity index (χ1n) is 14.4. The SMILES string of the molecule is CCc1cccc2c(C(CC(=O)N(C)CCc3ccc(OC)c(OC)c3)c3cccc(Oc4ccccc4)c3)c[nH]c12. The van der Waals surface area contributed by atoms with Crippen LogP contribution in [-0.4, -0.2) is 43.6 Å². The highest BCUT2D eigenvalue weighted by Crippen LogP contribution is 2.37. The summed E-state index contributed by atoms with van der Waals surface area (Å²) in [6.45, 7) is 2.75. The van der Waals surface area contributed by atoms with Crippen LogP contribution in [0.15, 0.2) is 97.2 Å². The zero-order chi connectivity index (χ0) is 29.5. The van der Waals surface area contributed by atoms with Crippen molar-refractivity contribution in [3.63, 3.8) is 0 Å². The van der Waals surface area contributed by atoms with Gasteiger partial charge in [-0.25, -0.2) is 0 Å². The number of rotatable bonds is 12. The predicted molar refractivity (Wildman–Crippen MR) is 168 cm³/mol. The highest BCUT2D eigenvalue weighted by atomic mass is 16.5. The third-order valence-corrected chi connectivity index (χ3v) is 7.82. The van der Waals surface area contributed by atoms with Crippen LogP contribution in [0, 0.1) is 0 Å². The Bertz CT molecular complexity index is 1640. The summed E-state index contributed by atoms with van der Waals surface area (Å²) in [4.78, 5) is 19.1. The molecule has 1 aromatic heterocycles. The molecular formula is C36H38N2O4. The summed E-state index contributed by atoms with van der Waals surface area (Å²) in [5, 5.41) is 1.15. The lowest BCUT2D eigenvalue weighted by Crippen LogP contribution is -2.30. The van der Waals surface area contributed by atoms with Gasteiger partial charge in [0.15, 0.2) is 11.5 Å². The highest BCUT2D eigenvalue weighted by molar-refractivity contribution is 5.88. The first-order chi connectivity index (χ1) is 20.5. The van der Waals surface area contributed by atoms with E-state index in [1.807, 2.05) is 72.6 Å². The van der Waals surface area contributed by atoms with Gasteiger partial charge in [-0.3, -0.25) is 4.79 Å². The van der Waals surface area contributed by atoms with Crippen LogP contribution in [0.5, 0.6) is 23.0 Å². The van der Waals surface area contributed by atoms with Gasteiger partial charge in [0.1, 0.15) is 11.5 Å². The summed E-state index contributed by atoms with van der Waals surface area (Å²) in [7, 11) is 5.13. The van der Waals surface area contributed by atoms with Crippen LogP contribution in [-0.2, 0) is 17.6 Å². The number of amides is 1. The third-order valence-electron chi connectivity index (χ3n) is 7.82. The summed E-state index contributed by atoms with van der Waals surface area (Å²) >= 11 is 0. The minimum Gasteiger partial charge on any atom is -0.493 e. The molecule has 0 aliphatic rings. The van der Waals surface area contributed by atoms with E-state index in [1.54, 1.807) is 14.2 Å². The molecule has 0 saturated heterocycles. The predicted octanol–water partition coefficient (Wildman–Crippen LogP) is 7.76. The molecule has 42 heavy (non-hydrogen) atoms. The maximum atomic E-state index is 13.7. The summed E-state index contributed by atoms with van der Waals surface area (Å²) in [6.07, 6.45) is 4.04. The Balaban J connectivity index is 1.41. The highest BCUT2D eigenvalue weighted by Gasteiger charge is 2.24. The van der Waals surface area contributed by atoms with E-state index in [1.165, 1.54) is 5.56 Å². The molecular weight excluding hydrogens is 524 g/mol.